The molecule has 7 nitrogen and oxygen atoms in total. The van der Waals surface area contributed by atoms with Crippen LogP contribution in [-0.4, -0.2) is 34.7 Å². The smallest absolute Gasteiger partial charge is 0.293 e. The van der Waals surface area contributed by atoms with E-state index in [-0.39, 0.29) is 30.0 Å². The number of nitro groups is 1. The van der Waals surface area contributed by atoms with Crippen LogP contribution in [0.25, 0.3) is 0 Å². The van der Waals surface area contributed by atoms with Crippen LogP contribution in [0.1, 0.15) is 28.8 Å². The third-order valence-electron chi connectivity index (χ3n) is 4.52. The number of carbonyl (C=O) groups excluding carboxylic acids is 1. The lowest BCUT2D eigenvalue weighted by molar-refractivity contribution is -0.383. The average molecular weight is 386 g/mol. The number of nitrogens with one attached hydrogen (secondary N) is 1. The number of benzene rings is 2. The van der Waals surface area contributed by atoms with Gasteiger partial charge < -0.3 is 10.2 Å². The van der Waals surface area contributed by atoms with Crippen LogP contribution in [0.3, 0.4) is 0 Å². The van der Waals surface area contributed by atoms with Crippen molar-refractivity contribution in [2.75, 3.05) is 18.4 Å². The van der Waals surface area contributed by atoms with Crippen molar-refractivity contribution < 1.29 is 18.5 Å². The molecule has 2 aromatic carbocycles. The number of carbonyl (C=O) groups is 1. The molecule has 1 amide bonds. The predicted molar refractivity (Wildman–Crippen MR) is 97.6 cm³/mol. The normalized spacial score (nSPS) is 15.5. The van der Waals surface area contributed by atoms with E-state index in [4.69, 9.17) is 5.26 Å². The summed E-state index contributed by atoms with van der Waals surface area (Å²) in [6, 6.07) is 12.3. The maximum Gasteiger partial charge on any atom is 0.293 e. The van der Waals surface area contributed by atoms with Gasteiger partial charge in [0.05, 0.1) is 16.6 Å². The Morgan fingerprint density at radius 3 is 2.39 bits per heavy atom. The summed E-state index contributed by atoms with van der Waals surface area (Å²) in [7, 11) is 0. The van der Waals surface area contributed by atoms with E-state index in [9.17, 15) is 23.7 Å². The minimum atomic E-state index is -2.78. The van der Waals surface area contributed by atoms with Crippen molar-refractivity contribution in [3.63, 3.8) is 0 Å². The first-order chi connectivity index (χ1) is 13.3. The van der Waals surface area contributed by atoms with Crippen molar-refractivity contribution in [1.82, 2.24) is 4.90 Å². The number of nitrogens with zero attached hydrogens (tertiary/aromatic N) is 3. The summed E-state index contributed by atoms with van der Waals surface area (Å²) in [4.78, 5) is 24.6. The molecule has 0 unspecified atom stereocenters. The molecular weight excluding hydrogens is 370 g/mol. The number of hydrogen-bond acceptors (Lipinski definition) is 5. The van der Waals surface area contributed by atoms with E-state index in [2.05, 4.69) is 5.32 Å². The van der Waals surface area contributed by atoms with Crippen LogP contribution >= 0.6 is 0 Å². The van der Waals surface area contributed by atoms with Crippen LogP contribution in [0.2, 0.25) is 0 Å². The number of amides is 1. The number of rotatable bonds is 4. The molecule has 1 aliphatic heterocycles. The molecule has 1 saturated heterocycles. The summed E-state index contributed by atoms with van der Waals surface area (Å²) in [6.07, 6.45) is -0.835. The molecule has 1 fully saturated rings. The van der Waals surface area contributed by atoms with Gasteiger partial charge in [0.15, 0.2) is 0 Å². The fraction of sp³-hybridized carbons (Fsp3) is 0.263. The summed E-state index contributed by atoms with van der Waals surface area (Å²) in [6.45, 7) is -0.185. The quantitative estimate of drug-likeness (QED) is 0.630. The Bertz CT molecular complexity index is 945. The first kappa shape index (κ1) is 19.2. The molecule has 1 heterocycles. The fourth-order valence-corrected chi connectivity index (χ4v) is 2.92. The Labute approximate surface area is 159 Å². The largest absolute Gasteiger partial charge is 0.350 e. The van der Waals surface area contributed by atoms with E-state index >= 15 is 0 Å². The van der Waals surface area contributed by atoms with Crippen LogP contribution in [0, 0.1) is 21.4 Å². The monoisotopic (exact) mass is 386 g/mol. The molecule has 0 atom stereocenters. The highest BCUT2D eigenvalue weighted by Gasteiger charge is 2.36. The third-order valence-corrected chi connectivity index (χ3v) is 4.52. The Balaban J connectivity index is 1.81. The standard InChI is InChI=1S/C19H16F2N4O3/c20-19(21)7-9-24(10-8-19)18(26)14-3-6-16(17(11-14)25(27)28)23-15-4-1-13(12-22)2-5-15/h1-6,11,23H,7-10H2. The van der Waals surface area contributed by atoms with Crippen LogP contribution in [0.4, 0.5) is 25.8 Å². The van der Waals surface area contributed by atoms with Crippen molar-refractivity contribution in [2.45, 2.75) is 18.8 Å². The van der Waals surface area contributed by atoms with Gasteiger partial charge in [0.2, 0.25) is 0 Å². The molecule has 1 N–H and O–H groups in total. The number of nitro benzene ring substituents is 1. The zero-order valence-electron chi connectivity index (χ0n) is 14.7. The molecule has 28 heavy (non-hydrogen) atoms. The van der Waals surface area contributed by atoms with Gasteiger partial charge in [0, 0.05) is 43.2 Å². The van der Waals surface area contributed by atoms with Crippen molar-refractivity contribution in [3.8, 4) is 6.07 Å². The number of likely N-dealkylation sites (tertiary alicyclic amines) is 1. The second-order valence-electron chi connectivity index (χ2n) is 6.45. The summed E-state index contributed by atoms with van der Waals surface area (Å²) in [5.74, 6) is -3.29. The van der Waals surface area contributed by atoms with Crippen LogP contribution in [0.5, 0.6) is 0 Å². The second kappa shape index (κ2) is 7.60. The van der Waals surface area contributed by atoms with Crippen molar-refractivity contribution in [3.05, 3.63) is 63.7 Å². The van der Waals surface area contributed by atoms with E-state index in [1.54, 1.807) is 24.3 Å². The molecule has 144 valence electrons. The third kappa shape index (κ3) is 4.23. The molecule has 1 aliphatic rings. The molecule has 9 heteroatoms. The van der Waals surface area contributed by atoms with Crippen molar-refractivity contribution in [2.24, 2.45) is 0 Å². The van der Waals surface area contributed by atoms with E-state index in [1.807, 2.05) is 6.07 Å². The number of anilines is 2. The summed E-state index contributed by atoms with van der Waals surface area (Å²) in [5, 5.41) is 23.2. The van der Waals surface area contributed by atoms with Crippen LogP contribution in [0.15, 0.2) is 42.5 Å². The van der Waals surface area contributed by atoms with Gasteiger partial charge in [0.1, 0.15) is 5.69 Å². The molecule has 0 radical (unpaired) electrons. The van der Waals surface area contributed by atoms with Gasteiger partial charge >= 0.3 is 0 Å². The van der Waals surface area contributed by atoms with E-state index < -0.39 is 29.6 Å². The molecular formula is C19H16F2N4O3. The van der Waals surface area contributed by atoms with Crippen molar-refractivity contribution >= 4 is 23.0 Å². The molecule has 0 aromatic heterocycles. The van der Waals surface area contributed by atoms with Gasteiger partial charge in [-0.15, -0.1) is 0 Å². The highest BCUT2D eigenvalue weighted by atomic mass is 19.3. The summed E-state index contributed by atoms with van der Waals surface area (Å²) < 4.78 is 26.5. The van der Waals surface area contributed by atoms with E-state index in [1.165, 1.54) is 17.0 Å². The molecule has 0 saturated carbocycles. The zero-order chi connectivity index (χ0) is 20.3. The number of nitriles is 1. The maximum absolute atomic E-state index is 13.3. The van der Waals surface area contributed by atoms with Crippen LogP contribution < -0.4 is 5.32 Å². The lowest BCUT2D eigenvalue weighted by Gasteiger charge is -2.31. The number of piperidine rings is 1. The fourth-order valence-electron chi connectivity index (χ4n) is 2.92. The number of alkyl halides is 2. The van der Waals surface area contributed by atoms with Gasteiger partial charge in [-0.05, 0) is 36.4 Å². The highest BCUT2D eigenvalue weighted by molar-refractivity contribution is 5.96. The summed E-state index contributed by atoms with van der Waals surface area (Å²) in [5.41, 5.74) is 0.934. The Morgan fingerprint density at radius 2 is 1.82 bits per heavy atom. The van der Waals surface area contributed by atoms with Gasteiger partial charge in [-0.25, -0.2) is 8.78 Å². The van der Waals surface area contributed by atoms with Crippen LogP contribution in [-0.2, 0) is 0 Å². The summed E-state index contributed by atoms with van der Waals surface area (Å²) >= 11 is 0. The maximum atomic E-state index is 13.3. The number of hydrogen-bond donors (Lipinski definition) is 1. The molecule has 0 bridgehead atoms. The first-order valence-electron chi connectivity index (χ1n) is 8.52. The first-order valence-corrected chi connectivity index (χ1v) is 8.52. The van der Waals surface area contributed by atoms with Gasteiger partial charge in [-0.3, -0.25) is 14.9 Å². The highest BCUT2D eigenvalue weighted by Crippen LogP contribution is 2.31. The molecule has 3 rings (SSSR count). The average Bonchev–Trinajstić information content (AvgIpc) is 2.68. The van der Waals surface area contributed by atoms with E-state index in [0.29, 0.717) is 11.3 Å². The SMILES string of the molecule is N#Cc1ccc(Nc2ccc(C(=O)N3CCC(F)(F)CC3)cc2[N+](=O)[O-])cc1. The number of halogens is 2. The molecule has 0 aliphatic carbocycles. The second-order valence-corrected chi connectivity index (χ2v) is 6.45. The van der Waals surface area contributed by atoms with E-state index in [0.717, 1.165) is 6.07 Å². The van der Waals surface area contributed by atoms with Gasteiger partial charge in [0.25, 0.3) is 17.5 Å². The Morgan fingerprint density at radius 1 is 1.18 bits per heavy atom. The lowest BCUT2D eigenvalue weighted by Crippen LogP contribution is -2.42. The Hall–Kier alpha value is -3.54. The topological polar surface area (TPSA) is 99.3 Å². The van der Waals surface area contributed by atoms with Gasteiger partial charge in [-0.1, -0.05) is 0 Å². The lowest BCUT2D eigenvalue weighted by atomic mass is 10.0. The minimum absolute atomic E-state index is 0.0716. The predicted octanol–water partition coefficient (Wildman–Crippen LogP) is 4.08. The Kier molecular flexibility index (Phi) is 5.22. The molecule has 2 aromatic rings. The van der Waals surface area contributed by atoms with Gasteiger partial charge in [-0.2, -0.15) is 5.26 Å². The van der Waals surface area contributed by atoms with Crippen molar-refractivity contribution in [1.29, 1.82) is 5.26 Å². The minimum Gasteiger partial charge on any atom is -0.350 e. The zero-order valence-corrected chi connectivity index (χ0v) is 14.7. The molecule has 0 spiro atoms.